The molecule has 0 radical (unpaired) electrons. The normalized spacial score (nSPS) is 21.3. The fourth-order valence-corrected chi connectivity index (χ4v) is 2.83. The number of anilines is 2. The van der Waals surface area contributed by atoms with Gasteiger partial charge < -0.3 is 15.0 Å². The van der Waals surface area contributed by atoms with Gasteiger partial charge in [-0.25, -0.2) is 8.78 Å². The van der Waals surface area contributed by atoms with E-state index in [0.29, 0.717) is 13.2 Å². The molecular weight excluding hydrogens is 294 g/mol. The first-order chi connectivity index (χ1) is 10.5. The van der Waals surface area contributed by atoms with E-state index in [-0.39, 0.29) is 36.2 Å². The summed E-state index contributed by atoms with van der Waals surface area (Å²) in [6, 6.07) is 1.84. The molecule has 1 atom stereocenters. The van der Waals surface area contributed by atoms with E-state index in [2.05, 4.69) is 5.32 Å². The Balaban J connectivity index is 1.83. The van der Waals surface area contributed by atoms with Crippen LogP contribution in [0.15, 0.2) is 12.1 Å². The van der Waals surface area contributed by atoms with Gasteiger partial charge in [0.2, 0.25) is 11.8 Å². The molecule has 0 aromatic heterocycles. The summed E-state index contributed by atoms with van der Waals surface area (Å²) in [6.45, 7) is 1.02. The summed E-state index contributed by atoms with van der Waals surface area (Å²) in [5.41, 5.74) is 0.309. The maximum absolute atomic E-state index is 13.5. The van der Waals surface area contributed by atoms with Crippen LogP contribution in [0.1, 0.15) is 19.3 Å². The number of benzene rings is 1. The highest BCUT2D eigenvalue weighted by molar-refractivity contribution is 6.09. The lowest BCUT2D eigenvalue weighted by Gasteiger charge is -2.31. The van der Waals surface area contributed by atoms with Crippen molar-refractivity contribution in [1.29, 1.82) is 0 Å². The Morgan fingerprint density at radius 1 is 1.36 bits per heavy atom. The van der Waals surface area contributed by atoms with Gasteiger partial charge in [-0.3, -0.25) is 9.59 Å². The highest BCUT2D eigenvalue weighted by Gasteiger charge is 2.30. The standard InChI is InChI=1S/C15H16F2N2O3/c16-10-5-12-13(6-11(10)17)19(7-14(20)18-12)15(21)4-9-2-1-3-22-8-9/h5-6,9H,1-4,7-8H2,(H,18,20)/t9-/m1/s1. The maximum Gasteiger partial charge on any atom is 0.244 e. The van der Waals surface area contributed by atoms with Crippen LogP contribution in [0.5, 0.6) is 0 Å². The summed E-state index contributed by atoms with van der Waals surface area (Å²) in [4.78, 5) is 25.3. The molecule has 1 N–H and O–H groups in total. The SMILES string of the molecule is O=C1CN(C(=O)C[C@H]2CCCOC2)c2cc(F)c(F)cc2N1. The van der Waals surface area contributed by atoms with Crippen LogP contribution in [0.25, 0.3) is 0 Å². The average molecular weight is 310 g/mol. The number of nitrogens with zero attached hydrogens (tertiary/aromatic N) is 1. The number of nitrogens with one attached hydrogen (secondary N) is 1. The van der Waals surface area contributed by atoms with Crippen LogP contribution >= 0.6 is 0 Å². The fourth-order valence-electron chi connectivity index (χ4n) is 2.83. The predicted octanol–water partition coefficient (Wildman–Crippen LogP) is 2.07. The molecule has 2 amide bonds. The van der Waals surface area contributed by atoms with Gasteiger partial charge in [-0.1, -0.05) is 0 Å². The molecule has 0 bridgehead atoms. The molecule has 1 aromatic carbocycles. The molecule has 2 aliphatic heterocycles. The van der Waals surface area contributed by atoms with Crippen LogP contribution in [-0.2, 0) is 14.3 Å². The molecule has 7 heteroatoms. The van der Waals surface area contributed by atoms with E-state index in [9.17, 15) is 18.4 Å². The van der Waals surface area contributed by atoms with E-state index in [1.54, 1.807) is 0 Å². The number of halogens is 2. The quantitative estimate of drug-likeness (QED) is 0.910. The summed E-state index contributed by atoms with van der Waals surface area (Å²) in [7, 11) is 0. The molecule has 0 unspecified atom stereocenters. The van der Waals surface area contributed by atoms with E-state index in [1.807, 2.05) is 0 Å². The zero-order chi connectivity index (χ0) is 15.7. The Morgan fingerprint density at radius 2 is 2.14 bits per heavy atom. The topological polar surface area (TPSA) is 58.6 Å². The van der Waals surface area contributed by atoms with Crippen LogP contribution in [0.4, 0.5) is 20.2 Å². The van der Waals surface area contributed by atoms with Crippen LogP contribution in [0.3, 0.4) is 0 Å². The van der Waals surface area contributed by atoms with Gasteiger partial charge in [-0.2, -0.15) is 0 Å². The molecule has 22 heavy (non-hydrogen) atoms. The van der Waals surface area contributed by atoms with Crippen molar-refractivity contribution in [3.63, 3.8) is 0 Å². The largest absolute Gasteiger partial charge is 0.381 e. The van der Waals surface area contributed by atoms with Crippen molar-refractivity contribution >= 4 is 23.2 Å². The second kappa shape index (κ2) is 6.00. The Kier molecular flexibility index (Phi) is 4.06. The molecular formula is C15H16F2N2O3. The van der Waals surface area contributed by atoms with Crippen LogP contribution < -0.4 is 10.2 Å². The summed E-state index contributed by atoms with van der Waals surface area (Å²) in [5.74, 6) is -2.72. The third-order valence-corrected chi connectivity index (χ3v) is 3.92. The molecule has 118 valence electrons. The molecule has 0 spiro atoms. The molecule has 2 aliphatic rings. The monoisotopic (exact) mass is 310 g/mol. The van der Waals surface area contributed by atoms with Gasteiger partial charge in [0.05, 0.1) is 11.4 Å². The highest BCUT2D eigenvalue weighted by atomic mass is 19.2. The Morgan fingerprint density at radius 3 is 2.86 bits per heavy atom. The van der Waals surface area contributed by atoms with Crippen molar-refractivity contribution in [1.82, 2.24) is 0 Å². The minimum atomic E-state index is -1.06. The van der Waals surface area contributed by atoms with Crippen LogP contribution in [0, 0.1) is 17.6 Å². The second-order valence-corrected chi connectivity index (χ2v) is 5.60. The third kappa shape index (κ3) is 2.94. The minimum absolute atomic E-state index is 0.0972. The fraction of sp³-hybridized carbons (Fsp3) is 0.467. The second-order valence-electron chi connectivity index (χ2n) is 5.60. The van der Waals surface area contributed by atoms with E-state index < -0.39 is 17.5 Å². The van der Waals surface area contributed by atoms with Gasteiger partial charge in [0, 0.05) is 31.8 Å². The lowest BCUT2D eigenvalue weighted by Crippen LogP contribution is -2.43. The Bertz CT molecular complexity index is 615. The van der Waals surface area contributed by atoms with Gasteiger partial charge in [0.25, 0.3) is 0 Å². The zero-order valence-corrected chi connectivity index (χ0v) is 11.9. The van der Waals surface area contributed by atoms with Crippen molar-refractivity contribution in [2.24, 2.45) is 5.92 Å². The number of ether oxygens (including phenoxy) is 1. The smallest absolute Gasteiger partial charge is 0.244 e. The molecule has 2 heterocycles. The zero-order valence-electron chi connectivity index (χ0n) is 11.9. The van der Waals surface area contributed by atoms with E-state index in [1.165, 1.54) is 4.90 Å². The molecule has 3 rings (SSSR count). The lowest BCUT2D eigenvalue weighted by molar-refractivity contribution is -0.123. The first-order valence-electron chi connectivity index (χ1n) is 7.21. The highest BCUT2D eigenvalue weighted by Crippen LogP contribution is 2.32. The van der Waals surface area contributed by atoms with Crippen LogP contribution in [0.2, 0.25) is 0 Å². The molecule has 1 aromatic rings. The number of rotatable bonds is 2. The average Bonchev–Trinajstić information content (AvgIpc) is 2.49. The molecule has 0 aliphatic carbocycles. The lowest BCUT2D eigenvalue weighted by atomic mass is 9.97. The van der Waals surface area contributed by atoms with E-state index in [0.717, 1.165) is 25.0 Å². The number of amides is 2. The summed E-state index contributed by atoms with van der Waals surface area (Å²) < 4.78 is 32.1. The van der Waals surface area contributed by atoms with E-state index in [4.69, 9.17) is 4.74 Å². The summed E-state index contributed by atoms with van der Waals surface area (Å²) in [6.07, 6.45) is 2.01. The van der Waals surface area contributed by atoms with Gasteiger partial charge in [0.15, 0.2) is 11.6 Å². The van der Waals surface area contributed by atoms with Crippen molar-refractivity contribution in [2.45, 2.75) is 19.3 Å². The first-order valence-corrected chi connectivity index (χ1v) is 7.21. The first kappa shape index (κ1) is 14.9. The molecule has 5 nitrogen and oxygen atoms in total. The number of hydrogen-bond acceptors (Lipinski definition) is 3. The summed E-state index contributed by atoms with van der Waals surface area (Å²) in [5, 5.41) is 2.45. The Hall–Kier alpha value is -2.02. The van der Waals surface area contributed by atoms with E-state index >= 15 is 0 Å². The minimum Gasteiger partial charge on any atom is -0.381 e. The number of carbonyl (C=O) groups excluding carboxylic acids is 2. The van der Waals surface area contributed by atoms with Gasteiger partial charge in [-0.15, -0.1) is 0 Å². The van der Waals surface area contributed by atoms with Crippen molar-refractivity contribution in [2.75, 3.05) is 30.0 Å². The number of hydrogen-bond donors (Lipinski definition) is 1. The Labute approximate surface area is 126 Å². The van der Waals surface area contributed by atoms with Crippen molar-refractivity contribution < 1.29 is 23.1 Å². The van der Waals surface area contributed by atoms with Gasteiger partial charge in [-0.05, 0) is 18.8 Å². The van der Waals surface area contributed by atoms with Gasteiger partial charge >= 0.3 is 0 Å². The number of fused-ring (bicyclic) bond motifs is 1. The summed E-state index contributed by atoms with van der Waals surface area (Å²) >= 11 is 0. The predicted molar refractivity (Wildman–Crippen MR) is 75.5 cm³/mol. The third-order valence-electron chi connectivity index (χ3n) is 3.92. The maximum atomic E-state index is 13.5. The number of carbonyl (C=O) groups is 2. The molecule has 1 saturated heterocycles. The molecule has 0 saturated carbocycles. The van der Waals surface area contributed by atoms with Crippen molar-refractivity contribution in [3.8, 4) is 0 Å². The van der Waals surface area contributed by atoms with Crippen LogP contribution in [-0.4, -0.2) is 31.6 Å². The van der Waals surface area contributed by atoms with Crippen molar-refractivity contribution in [3.05, 3.63) is 23.8 Å². The molecule has 1 fully saturated rings. The van der Waals surface area contributed by atoms with Gasteiger partial charge in [0.1, 0.15) is 6.54 Å².